The molecule has 0 saturated heterocycles. The number of fused-ring (bicyclic) bond motifs is 1. The molecule has 0 spiro atoms. The first kappa shape index (κ1) is 21.7. The lowest BCUT2D eigenvalue weighted by atomic mass is 10.1. The van der Waals surface area contributed by atoms with E-state index in [-0.39, 0.29) is 10.7 Å². The Bertz CT molecular complexity index is 1320. The van der Waals surface area contributed by atoms with Crippen molar-refractivity contribution in [3.63, 3.8) is 0 Å². The number of thiophene rings is 1. The number of carbonyl (C=O) groups excluding carboxylic acids is 3. The van der Waals surface area contributed by atoms with E-state index in [1.165, 1.54) is 18.3 Å². The van der Waals surface area contributed by atoms with Crippen LogP contribution in [0.5, 0.6) is 0 Å². The number of ketones is 1. The number of ether oxygens (including phenoxy) is 1. The maximum Gasteiger partial charge on any atom is 0.351 e. The number of rotatable bonds is 6. The number of hydrogen-bond donors (Lipinski definition) is 1. The zero-order chi connectivity index (χ0) is 22.7. The van der Waals surface area contributed by atoms with Crippen molar-refractivity contribution in [2.45, 2.75) is 13.0 Å². The number of benzene rings is 3. The minimum Gasteiger partial charge on any atom is -0.443 e. The van der Waals surface area contributed by atoms with Crippen molar-refractivity contribution < 1.29 is 19.1 Å². The van der Waals surface area contributed by atoms with Gasteiger partial charge in [0, 0.05) is 26.9 Å². The van der Waals surface area contributed by atoms with Gasteiger partial charge in [0.1, 0.15) is 4.88 Å². The van der Waals surface area contributed by atoms with Crippen LogP contribution in [0, 0.1) is 0 Å². The summed E-state index contributed by atoms with van der Waals surface area (Å²) in [4.78, 5) is 38.0. The van der Waals surface area contributed by atoms with Crippen LogP contribution in [0.2, 0.25) is 5.02 Å². The van der Waals surface area contributed by atoms with E-state index in [4.69, 9.17) is 16.3 Å². The molecule has 3 aromatic carbocycles. The van der Waals surface area contributed by atoms with Crippen LogP contribution in [0.3, 0.4) is 0 Å². The van der Waals surface area contributed by atoms with Gasteiger partial charge < -0.3 is 10.1 Å². The van der Waals surface area contributed by atoms with Gasteiger partial charge in [0.2, 0.25) is 6.10 Å². The van der Waals surface area contributed by atoms with Crippen molar-refractivity contribution in [3.8, 4) is 0 Å². The number of Topliss-reactive ketones (excluding diaryl/α,β-unsaturated/α-hetero) is 1. The average Bonchev–Trinajstić information content (AvgIpc) is 3.15. The molecular formula is C25H18ClNO4S. The van der Waals surface area contributed by atoms with Crippen molar-refractivity contribution in [2.75, 3.05) is 5.32 Å². The number of nitrogens with one attached hydrogen (secondary N) is 1. The fourth-order valence-corrected chi connectivity index (χ4v) is 4.62. The van der Waals surface area contributed by atoms with Gasteiger partial charge in [-0.25, -0.2) is 4.79 Å². The lowest BCUT2D eigenvalue weighted by Gasteiger charge is -2.18. The quantitative estimate of drug-likeness (QED) is 0.269. The minimum atomic E-state index is -1.20. The van der Waals surface area contributed by atoms with Crippen molar-refractivity contribution in [1.29, 1.82) is 0 Å². The topological polar surface area (TPSA) is 72.5 Å². The molecule has 0 aliphatic rings. The molecule has 1 unspecified atom stereocenters. The van der Waals surface area contributed by atoms with Gasteiger partial charge in [-0.05, 0) is 25.1 Å². The molecule has 1 N–H and O–H groups in total. The normalized spacial score (nSPS) is 11.7. The van der Waals surface area contributed by atoms with E-state index in [0.717, 1.165) is 10.1 Å². The SMILES string of the molecule is CC(=O)c1cccc(NC(=O)C(OC(=O)c2sc3ccccc3c2Cl)c2ccccc2)c1. The van der Waals surface area contributed by atoms with Crippen molar-refractivity contribution >= 4 is 56.4 Å². The highest BCUT2D eigenvalue weighted by Crippen LogP contribution is 2.36. The van der Waals surface area contributed by atoms with E-state index in [9.17, 15) is 14.4 Å². The highest BCUT2D eigenvalue weighted by Gasteiger charge is 2.28. The summed E-state index contributed by atoms with van der Waals surface area (Å²) < 4.78 is 6.51. The van der Waals surface area contributed by atoms with Gasteiger partial charge in [-0.3, -0.25) is 9.59 Å². The Labute approximate surface area is 193 Å². The third-order valence-electron chi connectivity index (χ3n) is 4.82. The summed E-state index contributed by atoms with van der Waals surface area (Å²) in [6, 6.07) is 22.7. The summed E-state index contributed by atoms with van der Waals surface area (Å²) >= 11 is 7.63. The van der Waals surface area contributed by atoms with Crippen LogP contribution in [-0.2, 0) is 9.53 Å². The maximum absolute atomic E-state index is 13.1. The third kappa shape index (κ3) is 4.56. The molecule has 0 aliphatic carbocycles. The molecule has 1 aromatic heterocycles. The van der Waals surface area contributed by atoms with E-state index in [2.05, 4.69) is 5.32 Å². The van der Waals surface area contributed by atoms with Crippen molar-refractivity contribution in [2.24, 2.45) is 0 Å². The van der Waals surface area contributed by atoms with E-state index in [1.54, 1.807) is 54.6 Å². The summed E-state index contributed by atoms with van der Waals surface area (Å²) in [7, 11) is 0. The number of anilines is 1. The summed E-state index contributed by atoms with van der Waals surface area (Å²) in [6.07, 6.45) is -1.20. The minimum absolute atomic E-state index is 0.119. The molecule has 0 fully saturated rings. The van der Waals surface area contributed by atoms with Crippen LogP contribution >= 0.6 is 22.9 Å². The van der Waals surface area contributed by atoms with Gasteiger partial charge in [-0.2, -0.15) is 0 Å². The predicted octanol–water partition coefficient (Wildman–Crippen LogP) is 6.29. The number of esters is 1. The summed E-state index contributed by atoms with van der Waals surface area (Å²) in [5, 5.41) is 3.80. The highest BCUT2D eigenvalue weighted by molar-refractivity contribution is 7.21. The van der Waals surface area contributed by atoms with E-state index >= 15 is 0 Å². The second-order valence-corrected chi connectivity index (χ2v) is 8.49. The Kier molecular flexibility index (Phi) is 6.35. The number of carbonyl (C=O) groups is 3. The Hall–Kier alpha value is -3.48. The Morgan fingerprint density at radius 1 is 0.938 bits per heavy atom. The summed E-state index contributed by atoms with van der Waals surface area (Å²) in [5.74, 6) is -1.34. The molecule has 5 nitrogen and oxygen atoms in total. The van der Waals surface area contributed by atoms with Crippen LogP contribution in [0.25, 0.3) is 10.1 Å². The van der Waals surface area contributed by atoms with Crippen LogP contribution in [0.1, 0.15) is 38.6 Å². The van der Waals surface area contributed by atoms with Crippen molar-refractivity contribution in [3.05, 3.63) is 99.9 Å². The second kappa shape index (κ2) is 9.34. The molecule has 0 aliphatic heterocycles. The molecule has 1 heterocycles. The fourth-order valence-electron chi connectivity index (χ4n) is 3.23. The summed E-state index contributed by atoms with van der Waals surface area (Å²) in [5.41, 5.74) is 1.41. The van der Waals surface area contributed by atoms with Gasteiger partial charge in [0.05, 0.1) is 5.02 Å². The molecule has 0 radical (unpaired) electrons. The van der Waals surface area contributed by atoms with Crippen LogP contribution < -0.4 is 5.32 Å². The fraction of sp³-hybridized carbons (Fsp3) is 0.0800. The Balaban J connectivity index is 1.63. The number of halogens is 1. The first-order valence-electron chi connectivity index (χ1n) is 9.79. The first-order chi connectivity index (χ1) is 15.4. The first-order valence-corrected chi connectivity index (χ1v) is 11.0. The molecule has 1 amide bonds. The second-order valence-electron chi connectivity index (χ2n) is 7.06. The largest absolute Gasteiger partial charge is 0.443 e. The van der Waals surface area contributed by atoms with Gasteiger partial charge in [-0.15, -0.1) is 11.3 Å². The van der Waals surface area contributed by atoms with Gasteiger partial charge in [0.15, 0.2) is 5.78 Å². The standard InChI is InChI=1S/C25H18ClNO4S/c1-15(28)17-10-7-11-18(14-17)27-24(29)22(16-8-3-2-4-9-16)31-25(30)23-21(26)19-12-5-6-13-20(19)32-23/h2-14,22H,1H3,(H,27,29). The van der Waals surface area contributed by atoms with E-state index in [1.807, 2.05) is 24.3 Å². The highest BCUT2D eigenvalue weighted by atomic mass is 35.5. The van der Waals surface area contributed by atoms with Gasteiger partial charge in [0.25, 0.3) is 5.91 Å². The lowest BCUT2D eigenvalue weighted by molar-refractivity contribution is -0.125. The van der Waals surface area contributed by atoms with Crippen LogP contribution in [0.4, 0.5) is 5.69 Å². The molecule has 4 aromatic rings. The molecule has 1 atom stereocenters. The predicted molar refractivity (Wildman–Crippen MR) is 127 cm³/mol. The molecule has 7 heteroatoms. The van der Waals surface area contributed by atoms with E-state index in [0.29, 0.717) is 21.8 Å². The molecule has 4 rings (SSSR count). The van der Waals surface area contributed by atoms with Gasteiger partial charge >= 0.3 is 5.97 Å². The van der Waals surface area contributed by atoms with E-state index < -0.39 is 18.0 Å². The van der Waals surface area contributed by atoms with Crippen LogP contribution in [-0.4, -0.2) is 17.7 Å². The van der Waals surface area contributed by atoms with Gasteiger partial charge in [-0.1, -0.05) is 72.3 Å². The smallest absolute Gasteiger partial charge is 0.351 e. The molecule has 160 valence electrons. The Morgan fingerprint density at radius 3 is 2.38 bits per heavy atom. The third-order valence-corrected chi connectivity index (χ3v) is 6.48. The summed E-state index contributed by atoms with van der Waals surface area (Å²) in [6.45, 7) is 1.45. The Morgan fingerprint density at radius 2 is 1.66 bits per heavy atom. The zero-order valence-electron chi connectivity index (χ0n) is 17.0. The molecule has 32 heavy (non-hydrogen) atoms. The van der Waals surface area contributed by atoms with Crippen LogP contribution in [0.15, 0.2) is 78.9 Å². The average molecular weight is 464 g/mol. The zero-order valence-corrected chi connectivity index (χ0v) is 18.6. The number of amides is 1. The molecular weight excluding hydrogens is 446 g/mol. The molecule has 0 bridgehead atoms. The number of hydrogen-bond acceptors (Lipinski definition) is 5. The molecule has 0 saturated carbocycles. The maximum atomic E-state index is 13.1. The lowest BCUT2D eigenvalue weighted by Crippen LogP contribution is -2.25. The van der Waals surface area contributed by atoms with Crippen molar-refractivity contribution in [1.82, 2.24) is 0 Å². The monoisotopic (exact) mass is 463 g/mol.